The lowest BCUT2D eigenvalue weighted by atomic mass is 10.1. The summed E-state index contributed by atoms with van der Waals surface area (Å²) in [7, 11) is 0. The SMILES string of the molecule is CCCN(CC)c1ccc(C(=O)N2CCC(OCCCN)CC2)cc1. The van der Waals surface area contributed by atoms with Gasteiger partial charge in [0.15, 0.2) is 0 Å². The molecule has 1 heterocycles. The van der Waals surface area contributed by atoms with Crippen LogP contribution in [-0.2, 0) is 4.74 Å². The Hall–Kier alpha value is -1.59. The summed E-state index contributed by atoms with van der Waals surface area (Å²) in [5.74, 6) is 0.130. The predicted molar refractivity (Wildman–Crippen MR) is 103 cm³/mol. The number of ether oxygens (including phenoxy) is 1. The van der Waals surface area contributed by atoms with E-state index in [1.807, 2.05) is 17.0 Å². The monoisotopic (exact) mass is 347 g/mol. The zero-order chi connectivity index (χ0) is 18.1. The van der Waals surface area contributed by atoms with Crippen molar-refractivity contribution in [2.24, 2.45) is 5.73 Å². The van der Waals surface area contributed by atoms with E-state index in [9.17, 15) is 4.79 Å². The van der Waals surface area contributed by atoms with Crippen molar-refractivity contribution >= 4 is 11.6 Å². The van der Waals surface area contributed by atoms with Crippen molar-refractivity contribution in [3.05, 3.63) is 29.8 Å². The molecule has 1 aromatic carbocycles. The second-order valence-electron chi connectivity index (χ2n) is 6.63. The molecule has 0 atom stereocenters. The summed E-state index contributed by atoms with van der Waals surface area (Å²) in [6, 6.07) is 8.05. The number of anilines is 1. The summed E-state index contributed by atoms with van der Waals surface area (Å²) in [6.45, 7) is 9.30. The van der Waals surface area contributed by atoms with Crippen LogP contribution < -0.4 is 10.6 Å². The fourth-order valence-corrected chi connectivity index (χ4v) is 3.30. The van der Waals surface area contributed by atoms with E-state index in [4.69, 9.17) is 10.5 Å². The van der Waals surface area contributed by atoms with Crippen LogP contribution in [0.2, 0.25) is 0 Å². The number of carbonyl (C=O) groups excluding carboxylic acids is 1. The smallest absolute Gasteiger partial charge is 0.253 e. The maximum Gasteiger partial charge on any atom is 0.253 e. The van der Waals surface area contributed by atoms with E-state index in [-0.39, 0.29) is 12.0 Å². The molecule has 0 aliphatic carbocycles. The van der Waals surface area contributed by atoms with E-state index < -0.39 is 0 Å². The normalized spacial score (nSPS) is 15.4. The molecule has 140 valence electrons. The number of amides is 1. The van der Waals surface area contributed by atoms with Crippen LogP contribution in [0.1, 0.15) is 49.9 Å². The summed E-state index contributed by atoms with van der Waals surface area (Å²) < 4.78 is 5.81. The minimum absolute atomic E-state index is 0.130. The third-order valence-corrected chi connectivity index (χ3v) is 4.79. The highest BCUT2D eigenvalue weighted by Gasteiger charge is 2.24. The average Bonchev–Trinajstić information content (AvgIpc) is 2.66. The minimum atomic E-state index is 0.130. The van der Waals surface area contributed by atoms with Crippen LogP contribution in [-0.4, -0.2) is 56.2 Å². The van der Waals surface area contributed by atoms with Gasteiger partial charge >= 0.3 is 0 Å². The minimum Gasteiger partial charge on any atom is -0.378 e. The molecular formula is C20H33N3O2. The molecular weight excluding hydrogens is 314 g/mol. The second-order valence-corrected chi connectivity index (χ2v) is 6.63. The molecule has 1 amide bonds. The summed E-state index contributed by atoms with van der Waals surface area (Å²) in [5, 5.41) is 0. The molecule has 1 aliphatic heterocycles. The molecule has 5 nitrogen and oxygen atoms in total. The van der Waals surface area contributed by atoms with E-state index in [2.05, 4.69) is 30.9 Å². The summed E-state index contributed by atoms with van der Waals surface area (Å²) in [6.07, 6.45) is 4.11. The number of benzene rings is 1. The lowest BCUT2D eigenvalue weighted by molar-refractivity contribution is 0.00845. The molecule has 1 saturated heterocycles. The van der Waals surface area contributed by atoms with Crippen LogP contribution in [0.25, 0.3) is 0 Å². The number of carbonyl (C=O) groups is 1. The molecule has 0 unspecified atom stereocenters. The van der Waals surface area contributed by atoms with Crippen LogP contribution in [0.15, 0.2) is 24.3 Å². The van der Waals surface area contributed by atoms with Gasteiger partial charge in [0.25, 0.3) is 5.91 Å². The molecule has 0 spiro atoms. The first-order chi connectivity index (χ1) is 12.2. The van der Waals surface area contributed by atoms with Crippen LogP contribution in [0.5, 0.6) is 0 Å². The van der Waals surface area contributed by atoms with E-state index in [1.54, 1.807) is 0 Å². The standard InChI is InChI=1S/C20H33N3O2/c1-3-13-22(4-2)18-8-6-17(7-9-18)20(24)23-14-10-19(11-15-23)25-16-5-12-21/h6-9,19H,3-5,10-16,21H2,1-2H3. The number of nitrogens with zero attached hydrogens (tertiary/aromatic N) is 2. The topological polar surface area (TPSA) is 58.8 Å². The van der Waals surface area contributed by atoms with Crippen molar-refractivity contribution in [2.75, 3.05) is 44.2 Å². The molecule has 1 aromatic rings. The molecule has 0 radical (unpaired) electrons. The summed E-state index contributed by atoms with van der Waals surface area (Å²) in [4.78, 5) is 17.0. The Morgan fingerprint density at radius 1 is 1.24 bits per heavy atom. The maximum atomic E-state index is 12.7. The molecule has 2 N–H and O–H groups in total. The van der Waals surface area contributed by atoms with Gasteiger partial charge in [-0.3, -0.25) is 4.79 Å². The van der Waals surface area contributed by atoms with Crippen molar-refractivity contribution in [1.29, 1.82) is 0 Å². The Labute approximate surface area is 152 Å². The predicted octanol–water partition coefficient (Wildman–Crippen LogP) is 2.89. The fraction of sp³-hybridized carbons (Fsp3) is 0.650. The molecule has 1 aliphatic rings. The van der Waals surface area contributed by atoms with E-state index in [1.165, 1.54) is 5.69 Å². The van der Waals surface area contributed by atoms with Gasteiger partial charge in [-0.1, -0.05) is 6.92 Å². The zero-order valence-electron chi connectivity index (χ0n) is 15.7. The van der Waals surface area contributed by atoms with Crippen LogP contribution >= 0.6 is 0 Å². The van der Waals surface area contributed by atoms with Gasteiger partial charge in [-0.25, -0.2) is 0 Å². The molecule has 25 heavy (non-hydrogen) atoms. The Morgan fingerprint density at radius 2 is 1.92 bits per heavy atom. The lowest BCUT2D eigenvalue weighted by Crippen LogP contribution is -2.41. The summed E-state index contributed by atoms with van der Waals surface area (Å²) >= 11 is 0. The molecule has 1 fully saturated rings. The largest absolute Gasteiger partial charge is 0.378 e. The number of piperidine rings is 1. The van der Waals surface area contributed by atoms with Gasteiger partial charge in [0.2, 0.25) is 0 Å². The van der Waals surface area contributed by atoms with Crippen molar-refractivity contribution < 1.29 is 9.53 Å². The first-order valence-corrected chi connectivity index (χ1v) is 9.65. The van der Waals surface area contributed by atoms with Gasteiger partial charge in [0.05, 0.1) is 6.10 Å². The van der Waals surface area contributed by atoms with Crippen LogP contribution in [0.4, 0.5) is 5.69 Å². The number of nitrogens with two attached hydrogens (primary N) is 1. The van der Waals surface area contributed by atoms with Gasteiger partial charge in [-0.2, -0.15) is 0 Å². The number of rotatable bonds is 9. The Kier molecular flexibility index (Phi) is 8.22. The van der Waals surface area contributed by atoms with Crippen molar-refractivity contribution in [1.82, 2.24) is 4.90 Å². The average molecular weight is 348 g/mol. The summed E-state index contributed by atoms with van der Waals surface area (Å²) in [5.41, 5.74) is 7.45. The van der Waals surface area contributed by atoms with E-state index in [0.29, 0.717) is 6.54 Å². The number of likely N-dealkylation sites (tertiary alicyclic amines) is 1. The van der Waals surface area contributed by atoms with Gasteiger partial charge in [0.1, 0.15) is 0 Å². The molecule has 0 aromatic heterocycles. The second kappa shape index (κ2) is 10.4. The highest BCUT2D eigenvalue weighted by Crippen LogP contribution is 2.19. The molecule has 0 bridgehead atoms. The van der Waals surface area contributed by atoms with Gasteiger partial charge < -0.3 is 20.3 Å². The first kappa shape index (κ1) is 19.7. The highest BCUT2D eigenvalue weighted by molar-refractivity contribution is 5.94. The number of hydrogen-bond acceptors (Lipinski definition) is 4. The van der Waals surface area contributed by atoms with E-state index >= 15 is 0 Å². The lowest BCUT2D eigenvalue weighted by Gasteiger charge is -2.32. The number of hydrogen-bond donors (Lipinski definition) is 1. The third kappa shape index (κ3) is 5.72. The van der Waals surface area contributed by atoms with E-state index in [0.717, 1.165) is 64.0 Å². The zero-order valence-corrected chi connectivity index (χ0v) is 15.7. The van der Waals surface area contributed by atoms with Crippen molar-refractivity contribution in [2.45, 2.75) is 45.6 Å². The Morgan fingerprint density at radius 3 is 2.48 bits per heavy atom. The van der Waals surface area contributed by atoms with Crippen molar-refractivity contribution in [3.8, 4) is 0 Å². The Bertz CT molecular complexity index is 510. The molecule has 5 heteroatoms. The highest BCUT2D eigenvalue weighted by atomic mass is 16.5. The van der Waals surface area contributed by atoms with Crippen molar-refractivity contribution in [3.63, 3.8) is 0 Å². The Balaban J connectivity index is 1.87. The molecule has 0 saturated carbocycles. The first-order valence-electron chi connectivity index (χ1n) is 9.65. The van der Waals surface area contributed by atoms with Gasteiger partial charge in [-0.05, 0) is 63.4 Å². The van der Waals surface area contributed by atoms with Gasteiger partial charge in [0, 0.05) is 44.0 Å². The third-order valence-electron chi connectivity index (χ3n) is 4.79. The quantitative estimate of drug-likeness (QED) is 0.698. The van der Waals surface area contributed by atoms with Crippen LogP contribution in [0, 0.1) is 0 Å². The van der Waals surface area contributed by atoms with Crippen LogP contribution in [0.3, 0.4) is 0 Å². The molecule has 2 rings (SSSR count). The maximum absolute atomic E-state index is 12.7. The van der Waals surface area contributed by atoms with Gasteiger partial charge in [-0.15, -0.1) is 0 Å². The fourth-order valence-electron chi connectivity index (χ4n) is 3.30.